The molecule has 9 heteroatoms. The van der Waals surface area contributed by atoms with Crippen LogP contribution in [0.15, 0.2) is 18.2 Å². The molecule has 0 spiro atoms. The molecule has 148 valence electrons. The number of H-pyrrole nitrogens is 1. The number of halogens is 3. The van der Waals surface area contributed by atoms with Crippen molar-refractivity contribution < 1.29 is 27.9 Å². The van der Waals surface area contributed by atoms with Crippen LogP contribution < -0.4 is 5.32 Å². The van der Waals surface area contributed by atoms with E-state index in [1.165, 1.54) is 6.42 Å². The van der Waals surface area contributed by atoms with Crippen LogP contribution in [0.4, 0.5) is 18.9 Å². The monoisotopic (exact) mass is 385 g/mol. The van der Waals surface area contributed by atoms with Gasteiger partial charge in [0.1, 0.15) is 5.82 Å². The molecule has 0 radical (unpaired) electrons. The average molecular weight is 385 g/mol. The molecule has 1 aromatic carbocycles. The Kier molecular flexibility index (Phi) is 6.12. The lowest BCUT2D eigenvalue weighted by molar-refractivity contribution is -0.192. The van der Waals surface area contributed by atoms with Crippen molar-refractivity contribution in [2.75, 3.05) is 5.32 Å². The average Bonchev–Trinajstić information content (AvgIpc) is 2.94. The molecule has 0 atom stereocenters. The number of aryl methyl sites for hydroxylation is 1. The van der Waals surface area contributed by atoms with Crippen LogP contribution in [0.3, 0.4) is 0 Å². The number of benzene rings is 1. The van der Waals surface area contributed by atoms with Gasteiger partial charge in [-0.05, 0) is 38.0 Å². The van der Waals surface area contributed by atoms with E-state index in [1.807, 2.05) is 25.1 Å². The highest BCUT2D eigenvalue weighted by atomic mass is 19.4. The van der Waals surface area contributed by atoms with E-state index < -0.39 is 12.1 Å². The van der Waals surface area contributed by atoms with Gasteiger partial charge < -0.3 is 15.4 Å². The van der Waals surface area contributed by atoms with Gasteiger partial charge in [0.25, 0.3) is 0 Å². The molecule has 6 nitrogen and oxygen atoms in total. The molecule has 2 aromatic rings. The van der Waals surface area contributed by atoms with Gasteiger partial charge in [-0.15, -0.1) is 0 Å². The van der Waals surface area contributed by atoms with Crippen LogP contribution in [0.25, 0.3) is 11.0 Å². The summed E-state index contributed by atoms with van der Waals surface area (Å²) in [5.41, 5.74) is 2.54. The molecule has 3 N–H and O–H groups in total. The molecule has 3 rings (SSSR count). The van der Waals surface area contributed by atoms with Gasteiger partial charge in [0.2, 0.25) is 5.91 Å². The second-order valence-corrected chi connectivity index (χ2v) is 6.93. The smallest absolute Gasteiger partial charge is 0.475 e. The molecule has 1 amide bonds. The van der Waals surface area contributed by atoms with Gasteiger partial charge in [-0.2, -0.15) is 13.2 Å². The third kappa shape index (κ3) is 5.45. The number of alkyl halides is 3. The first kappa shape index (κ1) is 20.7. The van der Waals surface area contributed by atoms with Crippen molar-refractivity contribution in [2.24, 2.45) is 5.41 Å². The fraction of sp³-hybridized carbons (Fsp3) is 0.500. The number of carboxylic acids is 1. The van der Waals surface area contributed by atoms with E-state index in [-0.39, 0.29) is 11.3 Å². The quantitative estimate of drug-likeness (QED) is 0.713. The summed E-state index contributed by atoms with van der Waals surface area (Å²) >= 11 is 0. The van der Waals surface area contributed by atoms with E-state index in [0.29, 0.717) is 0 Å². The van der Waals surface area contributed by atoms with Gasteiger partial charge in [0.05, 0.1) is 11.0 Å². The van der Waals surface area contributed by atoms with Gasteiger partial charge in [-0.25, -0.2) is 9.78 Å². The second kappa shape index (κ2) is 7.98. The van der Waals surface area contributed by atoms with Gasteiger partial charge in [-0.1, -0.05) is 26.2 Å². The molecule has 0 bridgehead atoms. The van der Waals surface area contributed by atoms with Gasteiger partial charge in [0.15, 0.2) is 0 Å². The Morgan fingerprint density at radius 3 is 2.37 bits per heavy atom. The standard InChI is InChI=1S/C16H21N3O.C2HF3O2/c1-11-17-13-7-6-12(10-14(13)18-11)19-15(20)16(2)8-4-3-5-9-16;3-2(4,5)1(6)7/h6-7,10H,3-5,8-9H2,1-2H3,(H,17,18)(H,19,20);(H,6,7). The number of carbonyl (C=O) groups excluding carboxylic acids is 1. The van der Waals surface area contributed by atoms with Crippen molar-refractivity contribution in [1.82, 2.24) is 9.97 Å². The topological polar surface area (TPSA) is 95.1 Å². The van der Waals surface area contributed by atoms with Crippen molar-refractivity contribution in [2.45, 2.75) is 52.1 Å². The molecule has 1 saturated carbocycles. The molecule has 1 aliphatic carbocycles. The van der Waals surface area contributed by atoms with E-state index in [0.717, 1.165) is 48.2 Å². The molecule has 27 heavy (non-hydrogen) atoms. The third-order valence-electron chi connectivity index (χ3n) is 4.61. The van der Waals surface area contributed by atoms with Crippen LogP contribution in [0.5, 0.6) is 0 Å². The van der Waals surface area contributed by atoms with E-state index in [1.54, 1.807) is 0 Å². The summed E-state index contributed by atoms with van der Waals surface area (Å²) in [7, 11) is 0. The maximum atomic E-state index is 12.5. The number of carboxylic acid groups (broad SMARTS) is 1. The highest BCUT2D eigenvalue weighted by Crippen LogP contribution is 2.36. The number of hydrogen-bond acceptors (Lipinski definition) is 3. The van der Waals surface area contributed by atoms with Crippen LogP contribution in [0, 0.1) is 12.3 Å². The maximum Gasteiger partial charge on any atom is 0.490 e. The summed E-state index contributed by atoms with van der Waals surface area (Å²) in [6.07, 6.45) is 0.460. The second-order valence-electron chi connectivity index (χ2n) is 6.93. The summed E-state index contributed by atoms with van der Waals surface area (Å²) in [5, 5.41) is 10.2. The number of imidazole rings is 1. The van der Waals surface area contributed by atoms with Gasteiger partial charge in [-0.3, -0.25) is 4.79 Å². The molecular formula is C18H22F3N3O3. The number of aliphatic carboxylic acids is 1. The molecule has 1 aromatic heterocycles. The highest BCUT2D eigenvalue weighted by Gasteiger charge is 2.38. The van der Waals surface area contributed by atoms with Crippen molar-refractivity contribution in [3.8, 4) is 0 Å². The Labute approximate surface area is 154 Å². The Bertz CT molecular complexity index is 824. The zero-order valence-electron chi connectivity index (χ0n) is 15.1. The lowest BCUT2D eigenvalue weighted by Gasteiger charge is -2.32. The Morgan fingerprint density at radius 1 is 1.22 bits per heavy atom. The fourth-order valence-corrected chi connectivity index (χ4v) is 3.06. The molecule has 0 aliphatic heterocycles. The van der Waals surface area contributed by atoms with Crippen LogP contribution in [0.2, 0.25) is 0 Å². The first-order chi connectivity index (χ1) is 12.5. The fourth-order valence-electron chi connectivity index (χ4n) is 3.06. The number of aromatic amines is 1. The summed E-state index contributed by atoms with van der Waals surface area (Å²) in [5.74, 6) is -1.72. The number of nitrogens with one attached hydrogen (secondary N) is 2. The molecule has 1 heterocycles. The SMILES string of the molecule is Cc1nc2ccc(NC(=O)C3(C)CCCCC3)cc2[nH]1.O=C(O)C(F)(F)F. The molecule has 1 aliphatic rings. The van der Waals surface area contributed by atoms with Gasteiger partial charge >= 0.3 is 12.1 Å². The van der Waals surface area contributed by atoms with E-state index >= 15 is 0 Å². The zero-order valence-corrected chi connectivity index (χ0v) is 15.1. The number of rotatable bonds is 2. The minimum atomic E-state index is -5.08. The zero-order chi connectivity index (χ0) is 20.2. The number of aromatic nitrogens is 2. The number of nitrogens with zero attached hydrogens (tertiary/aromatic N) is 1. The number of anilines is 1. The lowest BCUT2D eigenvalue weighted by atomic mass is 9.75. The summed E-state index contributed by atoms with van der Waals surface area (Å²) in [6, 6.07) is 5.82. The van der Waals surface area contributed by atoms with E-state index in [9.17, 15) is 18.0 Å². The van der Waals surface area contributed by atoms with Crippen molar-refractivity contribution in [3.05, 3.63) is 24.0 Å². The van der Waals surface area contributed by atoms with Crippen LogP contribution in [0.1, 0.15) is 44.9 Å². The first-order valence-corrected chi connectivity index (χ1v) is 8.59. The normalized spacial score (nSPS) is 16.3. The molecule has 0 unspecified atom stereocenters. The third-order valence-corrected chi connectivity index (χ3v) is 4.61. The Hall–Kier alpha value is -2.58. The van der Waals surface area contributed by atoms with Gasteiger partial charge in [0, 0.05) is 11.1 Å². The maximum absolute atomic E-state index is 12.5. The van der Waals surface area contributed by atoms with Crippen LogP contribution >= 0.6 is 0 Å². The first-order valence-electron chi connectivity index (χ1n) is 8.59. The number of amides is 1. The number of hydrogen-bond donors (Lipinski definition) is 3. The van der Waals surface area contributed by atoms with E-state index in [2.05, 4.69) is 22.2 Å². The van der Waals surface area contributed by atoms with E-state index in [4.69, 9.17) is 9.90 Å². The van der Waals surface area contributed by atoms with Crippen molar-refractivity contribution in [3.63, 3.8) is 0 Å². The lowest BCUT2D eigenvalue weighted by Crippen LogP contribution is -2.35. The Morgan fingerprint density at radius 2 is 1.81 bits per heavy atom. The Balaban J connectivity index is 0.000000321. The molecule has 1 fully saturated rings. The van der Waals surface area contributed by atoms with Crippen molar-refractivity contribution in [1.29, 1.82) is 0 Å². The predicted molar refractivity (Wildman–Crippen MR) is 94.3 cm³/mol. The minimum absolute atomic E-state index is 0.146. The minimum Gasteiger partial charge on any atom is -0.475 e. The van der Waals surface area contributed by atoms with Crippen LogP contribution in [-0.2, 0) is 9.59 Å². The predicted octanol–water partition coefficient (Wildman–Crippen LogP) is 4.41. The number of carbonyl (C=O) groups is 2. The molecular weight excluding hydrogens is 363 g/mol. The summed E-state index contributed by atoms with van der Waals surface area (Å²) < 4.78 is 31.7. The van der Waals surface area contributed by atoms with Crippen molar-refractivity contribution >= 4 is 28.6 Å². The molecule has 0 saturated heterocycles. The number of fused-ring (bicyclic) bond motifs is 1. The largest absolute Gasteiger partial charge is 0.490 e. The summed E-state index contributed by atoms with van der Waals surface area (Å²) in [4.78, 5) is 29.0. The highest BCUT2D eigenvalue weighted by molar-refractivity contribution is 5.96. The summed E-state index contributed by atoms with van der Waals surface area (Å²) in [6.45, 7) is 4.02. The van der Waals surface area contributed by atoms with Crippen LogP contribution in [-0.4, -0.2) is 33.1 Å².